The van der Waals surface area contributed by atoms with Crippen LogP contribution in [-0.2, 0) is 23.9 Å². The smallest absolute Gasteiger partial charge is 0.303 e. The molecule has 0 saturated heterocycles. The summed E-state index contributed by atoms with van der Waals surface area (Å²) in [7, 11) is 0. The largest absolute Gasteiger partial charge is 0.481 e. The van der Waals surface area contributed by atoms with E-state index in [1.54, 1.807) is 0 Å². The second-order valence-electron chi connectivity index (χ2n) is 11.0. The lowest BCUT2D eigenvalue weighted by molar-refractivity contribution is -0.158. The van der Waals surface area contributed by atoms with Crippen molar-refractivity contribution in [2.24, 2.45) is 39.7 Å². The summed E-state index contributed by atoms with van der Waals surface area (Å²) in [5.74, 6) is 0.878. The van der Waals surface area contributed by atoms with E-state index in [4.69, 9.17) is 19.4 Å². The number of carbonyl (C=O) groups excluding carboxylic acids is 2. The van der Waals surface area contributed by atoms with E-state index in [9.17, 15) is 14.8 Å². The van der Waals surface area contributed by atoms with Crippen molar-refractivity contribution in [3.63, 3.8) is 0 Å². The molecule has 8 atom stereocenters. The van der Waals surface area contributed by atoms with E-state index in [2.05, 4.69) is 19.0 Å². The summed E-state index contributed by atoms with van der Waals surface area (Å²) in [6, 6.07) is 0. The molecular weight excluding hydrogens is 426 g/mol. The molecule has 2 N–H and O–H groups in total. The topological polar surface area (TPSA) is 122 Å². The van der Waals surface area contributed by atoms with Crippen molar-refractivity contribution in [2.75, 3.05) is 0 Å². The van der Waals surface area contributed by atoms with Gasteiger partial charge in [0.05, 0.1) is 0 Å². The van der Waals surface area contributed by atoms with Crippen LogP contribution in [-0.4, -0.2) is 46.1 Å². The number of carbonyl (C=O) groups is 3. The zero-order valence-corrected chi connectivity index (χ0v) is 20.5. The third kappa shape index (κ3) is 4.90. The Kier molecular flexibility index (Phi) is 7.44. The number of esters is 2. The minimum atomic E-state index is -0.833. The summed E-state index contributed by atoms with van der Waals surface area (Å²) >= 11 is 0. The van der Waals surface area contributed by atoms with Crippen LogP contribution < -0.4 is 0 Å². The van der Waals surface area contributed by atoms with Crippen LogP contribution in [0.25, 0.3) is 0 Å². The molecule has 0 bridgehead atoms. The zero-order chi connectivity index (χ0) is 24.6. The van der Waals surface area contributed by atoms with E-state index in [1.807, 2.05) is 0 Å². The molecule has 4 aliphatic rings. The van der Waals surface area contributed by atoms with E-state index in [1.165, 1.54) is 13.8 Å². The fraction of sp³-hybridized carbons (Fsp3) is 0.840. The van der Waals surface area contributed by atoms with Crippen molar-refractivity contribution in [1.29, 1.82) is 0 Å². The van der Waals surface area contributed by atoms with E-state index in [0.29, 0.717) is 29.4 Å². The maximum absolute atomic E-state index is 11.6. The lowest BCUT2D eigenvalue weighted by Crippen LogP contribution is -2.54. The van der Waals surface area contributed by atoms with Crippen molar-refractivity contribution in [3.05, 3.63) is 0 Å². The molecular formula is C25H39NO7. The van der Waals surface area contributed by atoms with Crippen LogP contribution in [0.15, 0.2) is 5.16 Å². The summed E-state index contributed by atoms with van der Waals surface area (Å²) in [5, 5.41) is 20.8. The van der Waals surface area contributed by atoms with Gasteiger partial charge in [-0.1, -0.05) is 19.0 Å². The van der Waals surface area contributed by atoms with Crippen LogP contribution in [0.5, 0.6) is 0 Å². The molecule has 4 aliphatic carbocycles. The minimum Gasteiger partial charge on any atom is -0.481 e. The van der Waals surface area contributed by atoms with Crippen LogP contribution in [0.4, 0.5) is 0 Å². The Morgan fingerprint density at radius 2 is 1.55 bits per heavy atom. The SMILES string of the molecule is CC(=O)O.CC(=O)O[C@H]1CC[C@@]2(C)[C@@H](CC[C@@H]3[C@@H]2CC[C@]2(C)/C(=N/O)[C@H](OC(C)=O)C[C@@H]32)C1. The van der Waals surface area contributed by atoms with E-state index < -0.39 is 12.1 Å². The van der Waals surface area contributed by atoms with Crippen LogP contribution in [0.2, 0.25) is 0 Å². The molecule has 8 nitrogen and oxygen atoms in total. The summed E-state index contributed by atoms with van der Waals surface area (Å²) in [4.78, 5) is 32.0. The average molecular weight is 466 g/mol. The Bertz CT molecular complexity index is 807. The Morgan fingerprint density at radius 3 is 2.12 bits per heavy atom. The second kappa shape index (κ2) is 9.63. The zero-order valence-electron chi connectivity index (χ0n) is 20.5. The van der Waals surface area contributed by atoms with Crippen LogP contribution in [0.1, 0.15) is 86.0 Å². The normalized spacial score (nSPS) is 42.6. The van der Waals surface area contributed by atoms with Crippen LogP contribution in [0, 0.1) is 34.5 Å². The van der Waals surface area contributed by atoms with Crippen molar-refractivity contribution in [3.8, 4) is 0 Å². The first kappa shape index (κ1) is 25.5. The summed E-state index contributed by atoms with van der Waals surface area (Å²) in [6.45, 7) is 8.68. The Morgan fingerprint density at radius 1 is 0.909 bits per heavy atom. The molecule has 0 spiro atoms. The number of ether oxygens (including phenoxy) is 2. The Labute approximate surface area is 196 Å². The van der Waals surface area contributed by atoms with Gasteiger partial charge >= 0.3 is 11.9 Å². The molecule has 4 rings (SSSR count). The maximum Gasteiger partial charge on any atom is 0.303 e. The molecule has 0 aromatic heterocycles. The number of carboxylic acid groups (broad SMARTS) is 1. The highest BCUT2D eigenvalue weighted by atomic mass is 16.5. The summed E-state index contributed by atoms with van der Waals surface area (Å²) in [6.07, 6.45) is 7.91. The molecule has 4 fully saturated rings. The molecule has 0 aliphatic heterocycles. The predicted molar refractivity (Wildman–Crippen MR) is 121 cm³/mol. The Hall–Kier alpha value is -2.12. The number of fused-ring (bicyclic) bond motifs is 5. The average Bonchev–Trinajstić information content (AvgIpc) is 2.97. The van der Waals surface area contributed by atoms with Gasteiger partial charge in [0.25, 0.3) is 5.97 Å². The highest BCUT2D eigenvalue weighted by Gasteiger charge is 2.62. The van der Waals surface area contributed by atoms with Crippen molar-refractivity contribution >= 4 is 23.6 Å². The number of nitrogens with zero attached hydrogens (tertiary/aromatic N) is 1. The molecule has 0 aromatic carbocycles. The predicted octanol–water partition coefficient (Wildman–Crippen LogP) is 4.42. The molecule has 186 valence electrons. The Balaban J connectivity index is 0.000000709. The van der Waals surface area contributed by atoms with Gasteiger partial charge in [-0.25, -0.2) is 0 Å². The number of oxime groups is 1. The quantitative estimate of drug-likeness (QED) is 0.351. The third-order valence-electron chi connectivity index (χ3n) is 9.11. The molecule has 4 saturated carbocycles. The highest BCUT2D eigenvalue weighted by Crippen LogP contribution is 2.66. The minimum absolute atomic E-state index is 0.0731. The van der Waals surface area contributed by atoms with Gasteiger partial charge in [-0.2, -0.15) is 0 Å². The number of carboxylic acids is 1. The summed E-state index contributed by atoms with van der Waals surface area (Å²) in [5.41, 5.74) is 0.757. The molecule has 8 heteroatoms. The first-order valence-corrected chi connectivity index (χ1v) is 12.2. The van der Waals surface area contributed by atoms with Gasteiger partial charge in [-0.15, -0.1) is 0 Å². The van der Waals surface area contributed by atoms with Gasteiger partial charge < -0.3 is 19.8 Å². The van der Waals surface area contributed by atoms with Crippen LogP contribution in [0.3, 0.4) is 0 Å². The first-order valence-electron chi connectivity index (χ1n) is 12.2. The second-order valence-corrected chi connectivity index (χ2v) is 11.0. The van der Waals surface area contributed by atoms with Gasteiger partial charge in [0.15, 0.2) is 0 Å². The number of hydrogen-bond donors (Lipinski definition) is 2. The van der Waals surface area contributed by atoms with Crippen molar-refractivity contribution in [2.45, 2.75) is 98.2 Å². The molecule has 0 heterocycles. The maximum atomic E-state index is 11.6. The van der Waals surface area contributed by atoms with Crippen LogP contribution >= 0.6 is 0 Å². The molecule has 0 amide bonds. The molecule has 0 aromatic rings. The van der Waals surface area contributed by atoms with Gasteiger partial charge in [-0.3, -0.25) is 14.4 Å². The monoisotopic (exact) mass is 465 g/mol. The van der Waals surface area contributed by atoms with Crippen molar-refractivity contribution < 1.29 is 34.2 Å². The molecule has 0 radical (unpaired) electrons. The van der Waals surface area contributed by atoms with Gasteiger partial charge in [0.1, 0.15) is 17.9 Å². The van der Waals surface area contributed by atoms with Crippen molar-refractivity contribution in [1.82, 2.24) is 0 Å². The summed E-state index contributed by atoms with van der Waals surface area (Å²) < 4.78 is 11.1. The first-order chi connectivity index (χ1) is 15.4. The lowest BCUT2D eigenvalue weighted by atomic mass is 9.45. The fourth-order valence-corrected chi connectivity index (χ4v) is 7.83. The third-order valence-corrected chi connectivity index (χ3v) is 9.11. The molecule has 33 heavy (non-hydrogen) atoms. The van der Waals surface area contributed by atoms with E-state index in [0.717, 1.165) is 58.3 Å². The number of aliphatic carboxylic acids is 1. The van der Waals surface area contributed by atoms with Gasteiger partial charge in [0.2, 0.25) is 0 Å². The lowest BCUT2D eigenvalue weighted by Gasteiger charge is -2.60. The standard InChI is InChI=1S/C23H35NO5.C2H4O2/c1-13(25)28-16-7-9-22(3)15(11-16)5-6-17-18(22)8-10-23(4)19(17)12-20(21(23)24-27)29-14(2)26;1-2(3)4/h15-20,27H,5-12H2,1-4H3;1H3,(H,3,4)/b24-21+;/t15-,16-,17+,18-,19-,20+,22-,23-;/m0./s1. The highest BCUT2D eigenvalue weighted by molar-refractivity contribution is 5.97. The van der Waals surface area contributed by atoms with Gasteiger partial charge in [-0.05, 0) is 80.5 Å². The van der Waals surface area contributed by atoms with E-state index in [-0.39, 0.29) is 28.9 Å². The molecule has 0 unspecified atom stereocenters. The van der Waals surface area contributed by atoms with Gasteiger partial charge in [0, 0.05) is 26.2 Å². The fourth-order valence-electron chi connectivity index (χ4n) is 7.83. The number of hydrogen-bond acceptors (Lipinski definition) is 7. The number of rotatable bonds is 2. The van der Waals surface area contributed by atoms with E-state index >= 15 is 0 Å².